The van der Waals surface area contributed by atoms with Gasteiger partial charge >= 0.3 is 5.97 Å². The van der Waals surface area contributed by atoms with Crippen LogP contribution in [0, 0.1) is 0 Å². The van der Waals surface area contributed by atoms with Gasteiger partial charge in [-0.15, -0.1) is 0 Å². The molecule has 1 aliphatic rings. The highest BCUT2D eigenvalue weighted by Gasteiger charge is 2.27. The molecule has 0 bridgehead atoms. The highest BCUT2D eigenvalue weighted by molar-refractivity contribution is 5.94. The van der Waals surface area contributed by atoms with Crippen molar-refractivity contribution in [2.45, 2.75) is 38.1 Å². The van der Waals surface area contributed by atoms with Gasteiger partial charge in [-0.2, -0.15) is 0 Å². The topological polar surface area (TPSA) is 79.6 Å². The normalized spacial score (nSPS) is 18.5. The summed E-state index contributed by atoms with van der Waals surface area (Å²) in [5, 5.41) is 8.81. The number of aliphatic carboxylic acids is 1. The smallest absolute Gasteiger partial charge is 0.303 e. The number of hydrogen-bond donors (Lipinski definition) is 1. The zero-order valence-corrected chi connectivity index (χ0v) is 12.1. The lowest BCUT2D eigenvalue weighted by Gasteiger charge is -2.35. The number of pyridine rings is 1. The second-order valence-corrected chi connectivity index (χ2v) is 5.45. The number of carbonyl (C=O) groups excluding carboxylic acids is 1. The minimum absolute atomic E-state index is 0.0282. The van der Waals surface area contributed by atoms with Crippen molar-refractivity contribution < 1.29 is 14.7 Å². The van der Waals surface area contributed by atoms with Gasteiger partial charge in [-0.05, 0) is 31.7 Å². The van der Waals surface area contributed by atoms with Gasteiger partial charge in [-0.1, -0.05) is 0 Å². The number of carboxylic acid groups (broad SMARTS) is 1. The third-order valence-corrected chi connectivity index (χ3v) is 3.91. The van der Waals surface area contributed by atoms with Gasteiger partial charge in [0.1, 0.15) is 0 Å². The predicted molar refractivity (Wildman–Crippen MR) is 77.2 cm³/mol. The van der Waals surface area contributed by atoms with Crippen LogP contribution in [0.5, 0.6) is 0 Å². The Morgan fingerprint density at radius 3 is 2.76 bits per heavy atom. The van der Waals surface area contributed by atoms with Crippen LogP contribution in [0.15, 0.2) is 23.1 Å². The molecule has 1 atom stereocenters. The van der Waals surface area contributed by atoms with Gasteiger partial charge in [0.2, 0.25) is 5.56 Å². The van der Waals surface area contributed by atoms with Crippen molar-refractivity contribution in [1.82, 2.24) is 9.47 Å². The fourth-order valence-corrected chi connectivity index (χ4v) is 2.74. The molecule has 0 aromatic carbocycles. The number of likely N-dealkylation sites (tertiary alicyclic amines) is 1. The molecular formula is C15H20N2O4. The van der Waals surface area contributed by atoms with Gasteiger partial charge < -0.3 is 14.6 Å². The first-order chi connectivity index (χ1) is 9.99. The fourth-order valence-electron chi connectivity index (χ4n) is 2.74. The zero-order chi connectivity index (χ0) is 15.4. The second-order valence-electron chi connectivity index (χ2n) is 5.45. The molecule has 1 unspecified atom stereocenters. The summed E-state index contributed by atoms with van der Waals surface area (Å²) in [6, 6.07) is 2.89. The van der Waals surface area contributed by atoms with E-state index in [4.69, 9.17) is 5.11 Å². The molecule has 6 heteroatoms. The maximum atomic E-state index is 12.6. The van der Waals surface area contributed by atoms with Crippen molar-refractivity contribution in [3.05, 3.63) is 34.2 Å². The van der Waals surface area contributed by atoms with E-state index in [-0.39, 0.29) is 23.9 Å². The first-order valence-corrected chi connectivity index (χ1v) is 7.18. The van der Waals surface area contributed by atoms with E-state index in [1.165, 1.54) is 22.9 Å². The molecule has 1 saturated heterocycles. The molecule has 1 amide bonds. The molecule has 114 valence electrons. The Kier molecular flexibility index (Phi) is 4.77. The summed E-state index contributed by atoms with van der Waals surface area (Å²) in [6.45, 7) is 0.645. The van der Waals surface area contributed by atoms with Crippen LogP contribution < -0.4 is 5.56 Å². The van der Waals surface area contributed by atoms with Crippen LogP contribution in [0.4, 0.5) is 0 Å². The monoisotopic (exact) mass is 292 g/mol. The summed E-state index contributed by atoms with van der Waals surface area (Å²) in [5.41, 5.74) is 0.312. The van der Waals surface area contributed by atoms with E-state index < -0.39 is 5.97 Å². The van der Waals surface area contributed by atoms with Crippen LogP contribution in [0.25, 0.3) is 0 Å². The molecule has 6 nitrogen and oxygen atoms in total. The minimum atomic E-state index is -0.838. The van der Waals surface area contributed by atoms with Crippen molar-refractivity contribution in [1.29, 1.82) is 0 Å². The third kappa shape index (κ3) is 3.71. The van der Waals surface area contributed by atoms with E-state index in [1.807, 2.05) is 0 Å². The fraction of sp³-hybridized carbons (Fsp3) is 0.533. The largest absolute Gasteiger partial charge is 0.481 e. The maximum absolute atomic E-state index is 12.6. The molecule has 0 saturated carbocycles. The number of carbonyl (C=O) groups is 2. The Labute approximate surface area is 123 Å². The molecule has 2 heterocycles. The highest BCUT2D eigenvalue weighted by atomic mass is 16.4. The van der Waals surface area contributed by atoms with Crippen molar-refractivity contribution in [2.75, 3.05) is 6.54 Å². The molecule has 1 aliphatic heterocycles. The number of amides is 1. The first kappa shape index (κ1) is 15.3. The standard InChI is InChI=1S/C15H20N2O4/c1-16-10-11(5-7-13(16)18)15(21)17-9-3-2-4-12(17)6-8-14(19)20/h5,7,10,12H,2-4,6,8-9H2,1H3,(H,19,20). The Bertz CT molecular complexity index is 594. The van der Waals surface area contributed by atoms with Gasteiger partial charge in [0.25, 0.3) is 5.91 Å². The van der Waals surface area contributed by atoms with Gasteiger partial charge in [0.15, 0.2) is 0 Å². The molecule has 1 N–H and O–H groups in total. The van der Waals surface area contributed by atoms with E-state index in [0.717, 1.165) is 19.3 Å². The van der Waals surface area contributed by atoms with Gasteiger partial charge in [-0.25, -0.2) is 0 Å². The molecule has 1 aromatic heterocycles. The Morgan fingerprint density at radius 1 is 1.33 bits per heavy atom. The molecular weight excluding hydrogens is 272 g/mol. The van der Waals surface area contributed by atoms with Crippen LogP contribution in [-0.4, -0.2) is 39.0 Å². The summed E-state index contributed by atoms with van der Waals surface area (Å²) in [4.78, 5) is 36.5. The van der Waals surface area contributed by atoms with Crippen molar-refractivity contribution in [2.24, 2.45) is 7.05 Å². The van der Waals surface area contributed by atoms with E-state index in [1.54, 1.807) is 11.9 Å². The molecule has 0 aliphatic carbocycles. The summed E-state index contributed by atoms with van der Waals surface area (Å²) < 4.78 is 1.38. The van der Waals surface area contributed by atoms with Crippen LogP contribution >= 0.6 is 0 Å². The van der Waals surface area contributed by atoms with Gasteiger partial charge in [0.05, 0.1) is 5.56 Å². The van der Waals surface area contributed by atoms with Crippen molar-refractivity contribution in [3.8, 4) is 0 Å². The van der Waals surface area contributed by atoms with Gasteiger partial charge in [0, 0.05) is 38.3 Å². The predicted octanol–water partition coefficient (Wildman–Crippen LogP) is 1.24. The average molecular weight is 292 g/mol. The van der Waals surface area contributed by atoms with Gasteiger partial charge in [-0.3, -0.25) is 14.4 Å². The van der Waals surface area contributed by atoms with Crippen LogP contribution in [0.2, 0.25) is 0 Å². The quantitative estimate of drug-likeness (QED) is 0.905. The van der Waals surface area contributed by atoms with E-state index >= 15 is 0 Å². The van der Waals surface area contributed by atoms with Crippen molar-refractivity contribution in [3.63, 3.8) is 0 Å². The number of piperidine rings is 1. The lowest BCUT2D eigenvalue weighted by Crippen LogP contribution is -2.44. The molecule has 2 rings (SSSR count). The van der Waals surface area contributed by atoms with Crippen LogP contribution in [-0.2, 0) is 11.8 Å². The molecule has 0 spiro atoms. The number of aromatic nitrogens is 1. The molecule has 21 heavy (non-hydrogen) atoms. The third-order valence-electron chi connectivity index (χ3n) is 3.91. The number of carboxylic acids is 1. The number of nitrogens with zero attached hydrogens (tertiary/aromatic N) is 2. The Balaban J connectivity index is 2.15. The summed E-state index contributed by atoms with van der Waals surface area (Å²) >= 11 is 0. The maximum Gasteiger partial charge on any atom is 0.303 e. The molecule has 1 fully saturated rings. The SMILES string of the molecule is Cn1cc(C(=O)N2CCCCC2CCC(=O)O)ccc1=O. The van der Waals surface area contributed by atoms with Crippen LogP contribution in [0.1, 0.15) is 42.5 Å². The van der Waals surface area contributed by atoms with E-state index in [0.29, 0.717) is 18.5 Å². The zero-order valence-electron chi connectivity index (χ0n) is 12.1. The Morgan fingerprint density at radius 2 is 2.10 bits per heavy atom. The summed E-state index contributed by atoms with van der Waals surface area (Å²) in [5.74, 6) is -0.962. The lowest BCUT2D eigenvalue weighted by atomic mass is 9.97. The summed E-state index contributed by atoms with van der Waals surface area (Å²) in [7, 11) is 1.61. The summed E-state index contributed by atoms with van der Waals surface area (Å²) in [6.07, 6.45) is 4.87. The van der Waals surface area contributed by atoms with E-state index in [2.05, 4.69) is 0 Å². The molecule has 1 aromatic rings. The average Bonchev–Trinajstić information content (AvgIpc) is 2.47. The first-order valence-electron chi connectivity index (χ1n) is 7.18. The minimum Gasteiger partial charge on any atom is -0.481 e. The number of rotatable bonds is 4. The highest BCUT2D eigenvalue weighted by Crippen LogP contribution is 2.22. The second kappa shape index (κ2) is 6.56. The number of aryl methyl sites for hydroxylation is 1. The Hall–Kier alpha value is -2.11. The van der Waals surface area contributed by atoms with E-state index in [9.17, 15) is 14.4 Å². The molecule has 0 radical (unpaired) electrons. The lowest BCUT2D eigenvalue weighted by molar-refractivity contribution is -0.137. The number of hydrogen-bond acceptors (Lipinski definition) is 3. The van der Waals surface area contributed by atoms with Crippen molar-refractivity contribution >= 4 is 11.9 Å². The van der Waals surface area contributed by atoms with Crippen LogP contribution in [0.3, 0.4) is 0 Å².